The van der Waals surface area contributed by atoms with Gasteiger partial charge < -0.3 is 19.3 Å². The van der Waals surface area contributed by atoms with Gasteiger partial charge in [-0.3, -0.25) is 0 Å². The number of methoxy groups -OCH3 is 2. The van der Waals surface area contributed by atoms with E-state index in [2.05, 4.69) is 5.32 Å². The van der Waals surface area contributed by atoms with Crippen LogP contribution in [0.3, 0.4) is 0 Å². The minimum atomic E-state index is -0.505. The molecule has 1 heterocycles. The Hall–Kier alpha value is -2.70. The van der Waals surface area contributed by atoms with Gasteiger partial charge in [-0.2, -0.15) is 0 Å². The highest BCUT2D eigenvalue weighted by Gasteiger charge is 2.20. The first-order valence-corrected chi connectivity index (χ1v) is 7.61. The summed E-state index contributed by atoms with van der Waals surface area (Å²) < 4.78 is 16.5. The van der Waals surface area contributed by atoms with Gasteiger partial charge in [0.1, 0.15) is 11.5 Å². The van der Waals surface area contributed by atoms with Gasteiger partial charge in [-0.05, 0) is 25.0 Å². The van der Waals surface area contributed by atoms with Crippen molar-refractivity contribution >= 4 is 6.03 Å². The Morgan fingerprint density at radius 2 is 2.00 bits per heavy atom. The van der Waals surface area contributed by atoms with Crippen LogP contribution in [0.4, 0.5) is 4.79 Å². The molecule has 1 aromatic carbocycles. The first kappa shape index (κ1) is 17.7. The molecule has 130 valence electrons. The number of nitrogens with one attached hydrogen (secondary N) is 1. The monoisotopic (exact) mass is 334 g/mol. The number of benzene rings is 1. The summed E-state index contributed by atoms with van der Waals surface area (Å²) in [6.07, 6.45) is 0. The van der Waals surface area contributed by atoms with Crippen molar-refractivity contribution in [2.75, 3.05) is 14.2 Å². The molecular formula is C17H22N2O5. The molecule has 1 amide bonds. The minimum Gasteiger partial charge on any atom is -0.497 e. The third kappa shape index (κ3) is 3.45. The molecule has 24 heavy (non-hydrogen) atoms. The Kier molecular flexibility index (Phi) is 5.33. The average molecular weight is 334 g/mol. The van der Waals surface area contributed by atoms with Crippen molar-refractivity contribution in [3.63, 3.8) is 0 Å². The lowest BCUT2D eigenvalue weighted by Crippen LogP contribution is -2.28. The third-order valence-electron chi connectivity index (χ3n) is 3.77. The summed E-state index contributed by atoms with van der Waals surface area (Å²) in [5.74, 6) is 1.25. The lowest BCUT2D eigenvalue weighted by atomic mass is 10.1. The number of rotatable bonds is 5. The Labute approximate surface area is 140 Å². The number of carbonyl (C=O) groups is 1. The van der Waals surface area contributed by atoms with Crippen molar-refractivity contribution in [2.24, 2.45) is 0 Å². The van der Waals surface area contributed by atoms with Gasteiger partial charge in [0, 0.05) is 18.2 Å². The molecule has 1 N–H and O–H groups in total. The zero-order chi connectivity index (χ0) is 17.9. The Morgan fingerprint density at radius 3 is 2.54 bits per heavy atom. The second-order valence-electron chi connectivity index (χ2n) is 5.66. The summed E-state index contributed by atoms with van der Waals surface area (Å²) in [6.45, 7) is 5.67. The Morgan fingerprint density at radius 1 is 1.29 bits per heavy atom. The van der Waals surface area contributed by atoms with Crippen LogP contribution >= 0.6 is 0 Å². The van der Waals surface area contributed by atoms with Crippen LogP contribution in [0, 0.1) is 6.92 Å². The summed E-state index contributed by atoms with van der Waals surface area (Å²) in [4.78, 5) is 24.2. The zero-order valence-corrected chi connectivity index (χ0v) is 14.5. The molecule has 0 bridgehead atoms. The minimum absolute atomic E-state index is 0.0167. The predicted molar refractivity (Wildman–Crippen MR) is 89.0 cm³/mol. The first-order chi connectivity index (χ1) is 11.4. The highest BCUT2D eigenvalue weighted by atomic mass is 16.5. The normalized spacial score (nSPS) is 10.8. The predicted octanol–water partition coefficient (Wildman–Crippen LogP) is 2.65. The fourth-order valence-corrected chi connectivity index (χ4v) is 2.55. The standard InChI is InChI=1S/C17H22N2O5/c1-10(2)15-11(3)19(24-16(15)20)17(21)18-9-12-6-7-13(22-4)8-14(12)23-5/h6-8,10H,9H2,1-5H3,(H,18,21). The van der Waals surface area contributed by atoms with Crippen LogP contribution < -0.4 is 20.4 Å². The van der Waals surface area contributed by atoms with Gasteiger partial charge in [-0.15, -0.1) is 4.74 Å². The molecular weight excluding hydrogens is 312 g/mol. The zero-order valence-electron chi connectivity index (χ0n) is 14.5. The van der Waals surface area contributed by atoms with E-state index in [1.54, 1.807) is 39.3 Å². The van der Waals surface area contributed by atoms with E-state index >= 15 is 0 Å². The highest BCUT2D eigenvalue weighted by Crippen LogP contribution is 2.24. The van der Waals surface area contributed by atoms with Crippen LogP contribution in [-0.4, -0.2) is 25.0 Å². The summed E-state index contributed by atoms with van der Waals surface area (Å²) in [6, 6.07) is 4.81. The number of ether oxygens (including phenoxy) is 2. The van der Waals surface area contributed by atoms with Gasteiger partial charge in [0.05, 0.1) is 25.5 Å². The second kappa shape index (κ2) is 7.25. The molecule has 0 saturated carbocycles. The van der Waals surface area contributed by atoms with Crippen molar-refractivity contribution in [3.8, 4) is 11.5 Å². The molecule has 2 rings (SSSR count). The van der Waals surface area contributed by atoms with Crippen molar-refractivity contribution in [1.82, 2.24) is 10.1 Å². The van der Waals surface area contributed by atoms with Crippen molar-refractivity contribution in [1.29, 1.82) is 0 Å². The van der Waals surface area contributed by atoms with Gasteiger partial charge in [0.15, 0.2) is 0 Å². The van der Waals surface area contributed by atoms with E-state index in [0.717, 1.165) is 10.3 Å². The van der Waals surface area contributed by atoms with Crippen molar-refractivity contribution in [3.05, 3.63) is 45.4 Å². The molecule has 0 spiro atoms. The first-order valence-electron chi connectivity index (χ1n) is 7.61. The molecule has 7 nitrogen and oxygen atoms in total. The fraction of sp³-hybridized carbons (Fsp3) is 0.412. The molecule has 0 fully saturated rings. The molecule has 0 unspecified atom stereocenters. The number of hydrogen-bond acceptors (Lipinski definition) is 5. The molecule has 7 heteroatoms. The van der Waals surface area contributed by atoms with E-state index in [9.17, 15) is 9.59 Å². The van der Waals surface area contributed by atoms with Crippen molar-refractivity contribution in [2.45, 2.75) is 33.2 Å². The Balaban J connectivity index is 2.17. The van der Waals surface area contributed by atoms with Crippen LogP contribution in [0.15, 0.2) is 27.5 Å². The molecule has 0 saturated heterocycles. The lowest BCUT2D eigenvalue weighted by Gasteiger charge is -2.11. The maximum absolute atomic E-state index is 12.3. The second-order valence-corrected chi connectivity index (χ2v) is 5.66. The summed E-state index contributed by atoms with van der Waals surface area (Å²) in [7, 11) is 3.11. The number of nitrogens with zero attached hydrogens (tertiary/aromatic N) is 1. The lowest BCUT2D eigenvalue weighted by molar-refractivity contribution is 0.204. The van der Waals surface area contributed by atoms with E-state index in [1.165, 1.54) is 0 Å². The summed E-state index contributed by atoms with van der Waals surface area (Å²) >= 11 is 0. The van der Waals surface area contributed by atoms with Crippen LogP contribution in [-0.2, 0) is 6.54 Å². The van der Waals surface area contributed by atoms with E-state index in [0.29, 0.717) is 22.8 Å². The van der Waals surface area contributed by atoms with Gasteiger partial charge in [0.2, 0.25) is 0 Å². The van der Waals surface area contributed by atoms with Gasteiger partial charge >= 0.3 is 11.7 Å². The molecule has 2 aromatic rings. The van der Waals surface area contributed by atoms with E-state index in [4.69, 9.17) is 14.0 Å². The van der Waals surface area contributed by atoms with E-state index in [1.807, 2.05) is 13.8 Å². The van der Waals surface area contributed by atoms with Crippen molar-refractivity contribution < 1.29 is 18.8 Å². The topological polar surface area (TPSA) is 82.7 Å². The van der Waals surface area contributed by atoms with Gasteiger partial charge in [-0.25, -0.2) is 9.59 Å². The van der Waals surface area contributed by atoms with Gasteiger partial charge in [0.25, 0.3) is 0 Å². The molecule has 0 radical (unpaired) electrons. The fourth-order valence-electron chi connectivity index (χ4n) is 2.55. The molecule has 0 aliphatic carbocycles. The number of carbonyl (C=O) groups excluding carboxylic acids is 1. The van der Waals surface area contributed by atoms with Crippen LogP contribution in [0.2, 0.25) is 0 Å². The number of amides is 1. The number of aromatic nitrogens is 1. The SMILES string of the molecule is COc1ccc(CNC(=O)n2oc(=O)c(C(C)C)c2C)c(OC)c1. The van der Waals surface area contributed by atoms with E-state index in [-0.39, 0.29) is 12.5 Å². The highest BCUT2D eigenvalue weighted by molar-refractivity contribution is 5.76. The summed E-state index contributed by atoms with van der Waals surface area (Å²) in [5, 5.41) is 2.72. The smallest absolute Gasteiger partial charge is 0.361 e. The van der Waals surface area contributed by atoms with Gasteiger partial charge in [-0.1, -0.05) is 13.8 Å². The quantitative estimate of drug-likeness (QED) is 0.909. The van der Waals surface area contributed by atoms with Crippen LogP contribution in [0.1, 0.15) is 36.6 Å². The van der Waals surface area contributed by atoms with Crippen LogP contribution in [0.5, 0.6) is 11.5 Å². The third-order valence-corrected chi connectivity index (χ3v) is 3.77. The molecule has 1 aromatic heterocycles. The van der Waals surface area contributed by atoms with E-state index < -0.39 is 11.7 Å². The number of hydrogen-bond donors (Lipinski definition) is 1. The summed E-state index contributed by atoms with van der Waals surface area (Å²) in [5.41, 5.74) is 1.31. The average Bonchev–Trinajstić information content (AvgIpc) is 2.87. The molecule has 0 aliphatic rings. The van der Waals surface area contributed by atoms with Crippen LogP contribution in [0.25, 0.3) is 0 Å². The molecule has 0 atom stereocenters. The maximum atomic E-state index is 12.3. The maximum Gasteiger partial charge on any atom is 0.361 e. The largest absolute Gasteiger partial charge is 0.497 e. The molecule has 0 aliphatic heterocycles. The Bertz CT molecular complexity index is 789.